The van der Waals surface area contributed by atoms with Crippen molar-refractivity contribution in [2.75, 3.05) is 0 Å². The lowest BCUT2D eigenvalue weighted by atomic mass is 10.1. The van der Waals surface area contributed by atoms with Crippen LogP contribution in [0.1, 0.15) is 21.5 Å². The number of nitrogens with one attached hydrogen (secondary N) is 1. The maximum absolute atomic E-state index is 11.9. The molecule has 0 aliphatic heterocycles. The van der Waals surface area contributed by atoms with Crippen LogP contribution in [0.3, 0.4) is 0 Å². The summed E-state index contributed by atoms with van der Waals surface area (Å²) in [6.45, 7) is 1.58. The Balaban J connectivity index is 2.08. The topological polar surface area (TPSA) is 84.6 Å². The molecular formula is C15H12BrN3O3. The second-order valence-corrected chi connectivity index (χ2v) is 5.33. The van der Waals surface area contributed by atoms with Crippen LogP contribution in [0, 0.1) is 17.0 Å². The summed E-state index contributed by atoms with van der Waals surface area (Å²) in [4.78, 5) is 22.2. The van der Waals surface area contributed by atoms with Crippen LogP contribution in [-0.2, 0) is 0 Å². The Hall–Kier alpha value is -2.54. The SMILES string of the molecule is Cc1cc(C(=O)N/N=C\c2ccccc2Br)ccc1[N+](=O)[O-]. The molecule has 0 saturated heterocycles. The highest BCUT2D eigenvalue weighted by Gasteiger charge is 2.13. The number of nitro benzene ring substituents is 1. The summed E-state index contributed by atoms with van der Waals surface area (Å²) in [6.07, 6.45) is 1.51. The number of hydrazone groups is 1. The van der Waals surface area contributed by atoms with E-state index in [0.717, 1.165) is 10.0 Å². The van der Waals surface area contributed by atoms with Crippen molar-refractivity contribution in [3.63, 3.8) is 0 Å². The summed E-state index contributed by atoms with van der Waals surface area (Å²) in [5, 5.41) is 14.6. The monoisotopic (exact) mass is 361 g/mol. The van der Waals surface area contributed by atoms with E-state index in [0.29, 0.717) is 11.1 Å². The number of carbonyl (C=O) groups is 1. The van der Waals surface area contributed by atoms with E-state index < -0.39 is 10.8 Å². The number of aryl methyl sites for hydroxylation is 1. The Bertz CT molecular complexity index is 759. The van der Waals surface area contributed by atoms with E-state index in [1.165, 1.54) is 24.4 Å². The number of nitro groups is 1. The van der Waals surface area contributed by atoms with Gasteiger partial charge in [0.2, 0.25) is 0 Å². The summed E-state index contributed by atoms with van der Waals surface area (Å²) < 4.78 is 0.860. The van der Waals surface area contributed by atoms with Gasteiger partial charge in [-0.15, -0.1) is 0 Å². The van der Waals surface area contributed by atoms with E-state index >= 15 is 0 Å². The van der Waals surface area contributed by atoms with Crippen LogP contribution in [0.5, 0.6) is 0 Å². The minimum Gasteiger partial charge on any atom is -0.267 e. The van der Waals surface area contributed by atoms with Gasteiger partial charge < -0.3 is 0 Å². The van der Waals surface area contributed by atoms with Gasteiger partial charge in [-0.3, -0.25) is 14.9 Å². The van der Waals surface area contributed by atoms with Crippen molar-refractivity contribution >= 4 is 33.7 Å². The molecule has 0 aromatic heterocycles. The summed E-state index contributed by atoms with van der Waals surface area (Å²) in [5.74, 6) is -0.429. The fraction of sp³-hybridized carbons (Fsp3) is 0.0667. The van der Waals surface area contributed by atoms with Crippen molar-refractivity contribution < 1.29 is 9.72 Å². The van der Waals surface area contributed by atoms with Crippen molar-refractivity contribution in [3.8, 4) is 0 Å². The molecule has 0 bridgehead atoms. The average molecular weight is 362 g/mol. The van der Waals surface area contributed by atoms with Gasteiger partial charge in [-0.05, 0) is 25.1 Å². The maximum atomic E-state index is 11.9. The molecule has 1 amide bonds. The fourth-order valence-corrected chi connectivity index (χ4v) is 2.19. The zero-order chi connectivity index (χ0) is 16.1. The fourth-order valence-electron chi connectivity index (χ4n) is 1.81. The lowest BCUT2D eigenvalue weighted by Crippen LogP contribution is -2.17. The minimum absolute atomic E-state index is 0.0201. The molecular weight excluding hydrogens is 350 g/mol. The number of nitrogens with zero attached hydrogens (tertiary/aromatic N) is 2. The lowest BCUT2D eigenvalue weighted by molar-refractivity contribution is -0.385. The van der Waals surface area contributed by atoms with Gasteiger partial charge in [0, 0.05) is 27.2 Å². The molecule has 2 rings (SSSR count). The highest BCUT2D eigenvalue weighted by Crippen LogP contribution is 2.18. The first kappa shape index (κ1) is 15.8. The molecule has 0 heterocycles. The highest BCUT2D eigenvalue weighted by molar-refractivity contribution is 9.10. The van der Waals surface area contributed by atoms with Crippen LogP contribution in [0.4, 0.5) is 5.69 Å². The van der Waals surface area contributed by atoms with Crippen molar-refractivity contribution in [2.45, 2.75) is 6.92 Å². The van der Waals surface area contributed by atoms with Gasteiger partial charge in [0.25, 0.3) is 11.6 Å². The van der Waals surface area contributed by atoms with Gasteiger partial charge in [-0.2, -0.15) is 5.10 Å². The van der Waals surface area contributed by atoms with E-state index in [1.54, 1.807) is 6.92 Å². The van der Waals surface area contributed by atoms with Crippen LogP contribution in [0.2, 0.25) is 0 Å². The first-order valence-electron chi connectivity index (χ1n) is 6.32. The quantitative estimate of drug-likeness (QED) is 0.514. The van der Waals surface area contributed by atoms with Gasteiger partial charge in [-0.25, -0.2) is 5.43 Å². The number of halogens is 1. The molecule has 0 atom stereocenters. The van der Waals surface area contributed by atoms with Crippen molar-refractivity contribution in [2.24, 2.45) is 5.10 Å². The van der Waals surface area contributed by atoms with Crippen LogP contribution in [-0.4, -0.2) is 17.0 Å². The van der Waals surface area contributed by atoms with Gasteiger partial charge in [0.1, 0.15) is 0 Å². The third-order valence-corrected chi connectivity index (χ3v) is 3.65. The van der Waals surface area contributed by atoms with Crippen LogP contribution >= 0.6 is 15.9 Å². The Morgan fingerprint density at radius 1 is 1.32 bits per heavy atom. The van der Waals surface area contributed by atoms with Gasteiger partial charge >= 0.3 is 0 Å². The normalized spacial score (nSPS) is 10.6. The van der Waals surface area contributed by atoms with Crippen LogP contribution in [0.15, 0.2) is 52.0 Å². The summed E-state index contributed by atoms with van der Waals surface area (Å²) in [7, 11) is 0. The third-order valence-electron chi connectivity index (χ3n) is 2.93. The van der Waals surface area contributed by atoms with E-state index in [1.807, 2.05) is 24.3 Å². The third kappa shape index (κ3) is 3.76. The van der Waals surface area contributed by atoms with Crippen molar-refractivity contribution in [1.29, 1.82) is 0 Å². The molecule has 22 heavy (non-hydrogen) atoms. The second-order valence-electron chi connectivity index (χ2n) is 4.48. The summed E-state index contributed by atoms with van der Waals surface area (Å²) in [6, 6.07) is 11.6. The molecule has 6 nitrogen and oxygen atoms in total. The smallest absolute Gasteiger partial charge is 0.267 e. The van der Waals surface area contributed by atoms with Crippen molar-refractivity contribution in [1.82, 2.24) is 5.43 Å². The summed E-state index contributed by atoms with van der Waals surface area (Å²) >= 11 is 3.37. The van der Waals surface area contributed by atoms with Gasteiger partial charge in [0.05, 0.1) is 11.1 Å². The standard InChI is InChI=1S/C15H12BrN3O3/c1-10-8-11(6-7-14(10)19(21)22)15(20)18-17-9-12-4-2-3-5-13(12)16/h2-9H,1H3,(H,18,20)/b17-9-. The zero-order valence-electron chi connectivity index (χ0n) is 11.6. The Morgan fingerprint density at radius 3 is 2.68 bits per heavy atom. The van der Waals surface area contributed by atoms with E-state index in [-0.39, 0.29) is 5.69 Å². The lowest BCUT2D eigenvalue weighted by Gasteiger charge is -2.02. The van der Waals surface area contributed by atoms with E-state index in [4.69, 9.17) is 0 Å². The molecule has 0 aliphatic rings. The van der Waals surface area contributed by atoms with Crippen molar-refractivity contribution in [3.05, 3.63) is 73.7 Å². The number of carbonyl (C=O) groups excluding carboxylic acids is 1. The molecule has 7 heteroatoms. The number of rotatable bonds is 4. The van der Waals surface area contributed by atoms with E-state index in [9.17, 15) is 14.9 Å². The average Bonchev–Trinajstić information content (AvgIpc) is 2.48. The first-order valence-corrected chi connectivity index (χ1v) is 7.11. The Kier molecular flexibility index (Phi) is 5.00. The Morgan fingerprint density at radius 2 is 2.05 bits per heavy atom. The van der Waals surface area contributed by atoms with E-state index in [2.05, 4.69) is 26.5 Å². The summed E-state index contributed by atoms with van der Waals surface area (Å²) in [5.41, 5.74) is 3.93. The molecule has 0 spiro atoms. The Labute approximate surface area is 135 Å². The molecule has 1 N–H and O–H groups in total. The molecule has 0 radical (unpaired) electrons. The minimum atomic E-state index is -0.484. The first-order chi connectivity index (χ1) is 10.5. The largest absolute Gasteiger partial charge is 0.272 e. The second kappa shape index (κ2) is 6.95. The molecule has 112 valence electrons. The number of amides is 1. The maximum Gasteiger partial charge on any atom is 0.272 e. The molecule has 0 saturated carbocycles. The van der Waals surface area contributed by atoms with Gasteiger partial charge in [0.15, 0.2) is 0 Å². The molecule has 2 aromatic rings. The predicted octanol–water partition coefficient (Wildman–Crippen LogP) is 3.43. The van der Waals surface area contributed by atoms with Crippen LogP contribution in [0.25, 0.3) is 0 Å². The van der Waals surface area contributed by atoms with Crippen LogP contribution < -0.4 is 5.43 Å². The zero-order valence-corrected chi connectivity index (χ0v) is 13.2. The molecule has 2 aromatic carbocycles. The number of hydrogen-bond acceptors (Lipinski definition) is 4. The predicted molar refractivity (Wildman–Crippen MR) is 87.0 cm³/mol. The number of benzene rings is 2. The van der Waals surface area contributed by atoms with Gasteiger partial charge in [-0.1, -0.05) is 34.1 Å². The number of hydrogen-bond donors (Lipinski definition) is 1. The molecule has 0 fully saturated rings. The molecule has 0 unspecified atom stereocenters. The molecule has 0 aliphatic carbocycles. The highest BCUT2D eigenvalue weighted by atomic mass is 79.9.